The van der Waals surface area contributed by atoms with Crippen LogP contribution in [0.1, 0.15) is 26.0 Å². The lowest BCUT2D eigenvalue weighted by Crippen LogP contribution is -2.47. The molecule has 1 aromatic heterocycles. The number of rotatable bonds is 4. The second-order valence-corrected chi connectivity index (χ2v) is 5.37. The molecule has 6 nitrogen and oxygen atoms in total. The molecule has 1 aromatic rings. The van der Waals surface area contributed by atoms with Crippen molar-refractivity contribution in [1.29, 1.82) is 0 Å². The van der Waals surface area contributed by atoms with Gasteiger partial charge in [0.05, 0.1) is 19.2 Å². The van der Waals surface area contributed by atoms with E-state index in [1.54, 1.807) is 13.8 Å². The van der Waals surface area contributed by atoms with Crippen molar-refractivity contribution in [2.45, 2.75) is 32.7 Å². The van der Waals surface area contributed by atoms with Gasteiger partial charge in [-0.2, -0.15) is 0 Å². The standard InChI is InChI=1S/C11H17N3O3S/c1-7-6-18-10(12-7)13-9(16)14-11(2,3)5-8(15)17-4/h6H,5H2,1-4H3,(H2,12,13,14,16). The highest BCUT2D eigenvalue weighted by Gasteiger charge is 2.24. The predicted octanol–water partition coefficient (Wildman–Crippen LogP) is 1.91. The molecule has 0 atom stereocenters. The van der Waals surface area contributed by atoms with Crippen LogP contribution in [0.3, 0.4) is 0 Å². The number of thiazole rings is 1. The molecule has 7 heteroatoms. The zero-order valence-corrected chi connectivity index (χ0v) is 11.7. The van der Waals surface area contributed by atoms with Gasteiger partial charge in [-0.05, 0) is 20.8 Å². The molecule has 1 heterocycles. The summed E-state index contributed by atoms with van der Waals surface area (Å²) in [6, 6.07) is -0.391. The Morgan fingerprint density at radius 1 is 1.50 bits per heavy atom. The quantitative estimate of drug-likeness (QED) is 0.820. The zero-order chi connectivity index (χ0) is 13.8. The zero-order valence-electron chi connectivity index (χ0n) is 10.9. The topological polar surface area (TPSA) is 80.3 Å². The second kappa shape index (κ2) is 5.81. The number of esters is 1. The highest BCUT2D eigenvalue weighted by atomic mass is 32.1. The van der Waals surface area contributed by atoms with E-state index in [-0.39, 0.29) is 12.4 Å². The number of anilines is 1. The van der Waals surface area contributed by atoms with Crippen molar-refractivity contribution in [3.05, 3.63) is 11.1 Å². The summed E-state index contributed by atoms with van der Waals surface area (Å²) in [5.74, 6) is -0.370. The molecular formula is C11H17N3O3S. The van der Waals surface area contributed by atoms with Crippen molar-refractivity contribution in [1.82, 2.24) is 10.3 Å². The predicted molar refractivity (Wildman–Crippen MR) is 69.7 cm³/mol. The van der Waals surface area contributed by atoms with Crippen LogP contribution < -0.4 is 10.6 Å². The number of amides is 2. The van der Waals surface area contributed by atoms with Crippen LogP contribution in [0, 0.1) is 6.92 Å². The number of carbonyl (C=O) groups is 2. The van der Waals surface area contributed by atoms with Crippen molar-refractivity contribution in [2.24, 2.45) is 0 Å². The van der Waals surface area contributed by atoms with Crippen molar-refractivity contribution in [3.8, 4) is 0 Å². The summed E-state index contributed by atoms with van der Waals surface area (Å²) >= 11 is 1.35. The number of nitrogens with zero attached hydrogens (tertiary/aromatic N) is 1. The number of nitrogens with one attached hydrogen (secondary N) is 2. The Labute approximate surface area is 110 Å². The Hall–Kier alpha value is -1.63. The summed E-state index contributed by atoms with van der Waals surface area (Å²) in [4.78, 5) is 27.0. The molecule has 2 N–H and O–H groups in total. The van der Waals surface area contributed by atoms with E-state index in [0.29, 0.717) is 5.13 Å². The van der Waals surface area contributed by atoms with Gasteiger partial charge in [-0.25, -0.2) is 9.78 Å². The molecule has 0 aromatic carbocycles. The molecule has 1 rings (SSSR count). The van der Waals surface area contributed by atoms with E-state index in [9.17, 15) is 9.59 Å². The van der Waals surface area contributed by atoms with Gasteiger partial charge in [0.2, 0.25) is 0 Å². The van der Waals surface area contributed by atoms with Gasteiger partial charge in [0.1, 0.15) is 0 Å². The lowest BCUT2D eigenvalue weighted by molar-refractivity contribution is -0.141. The maximum Gasteiger partial charge on any atom is 0.321 e. The van der Waals surface area contributed by atoms with Crippen LogP contribution >= 0.6 is 11.3 Å². The minimum absolute atomic E-state index is 0.105. The molecule has 0 aliphatic rings. The molecule has 0 saturated carbocycles. The minimum atomic E-state index is -0.677. The molecule has 2 amide bonds. The third kappa shape index (κ3) is 4.70. The fourth-order valence-electron chi connectivity index (χ4n) is 1.32. The monoisotopic (exact) mass is 271 g/mol. The number of hydrogen-bond acceptors (Lipinski definition) is 5. The number of urea groups is 1. The molecule has 0 bridgehead atoms. The lowest BCUT2D eigenvalue weighted by atomic mass is 10.0. The van der Waals surface area contributed by atoms with Gasteiger partial charge in [-0.3, -0.25) is 10.1 Å². The van der Waals surface area contributed by atoms with Gasteiger partial charge in [0, 0.05) is 10.9 Å². The SMILES string of the molecule is COC(=O)CC(C)(C)NC(=O)Nc1nc(C)cs1. The molecule has 100 valence electrons. The highest BCUT2D eigenvalue weighted by Crippen LogP contribution is 2.15. The largest absolute Gasteiger partial charge is 0.469 e. The smallest absolute Gasteiger partial charge is 0.321 e. The third-order valence-electron chi connectivity index (χ3n) is 2.11. The number of hydrogen-bond donors (Lipinski definition) is 2. The maximum atomic E-state index is 11.7. The Morgan fingerprint density at radius 2 is 2.17 bits per heavy atom. The van der Waals surface area contributed by atoms with E-state index in [1.807, 2.05) is 12.3 Å². The van der Waals surface area contributed by atoms with Gasteiger partial charge in [0.15, 0.2) is 5.13 Å². The first-order chi connectivity index (χ1) is 8.32. The van der Waals surface area contributed by atoms with E-state index < -0.39 is 11.6 Å². The molecule has 0 fully saturated rings. The fourth-order valence-corrected chi connectivity index (χ4v) is 2.01. The van der Waals surface area contributed by atoms with Crippen LogP contribution in [0.15, 0.2) is 5.38 Å². The molecule has 0 radical (unpaired) electrons. The molecule has 0 spiro atoms. The van der Waals surface area contributed by atoms with Gasteiger partial charge < -0.3 is 10.1 Å². The molecule has 0 unspecified atom stereocenters. The van der Waals surface area contributed by atoms with Crippen molar-refractivity contribution >= 4 is 28.5 Å². The van der Waals surface area contributed by atoms with Crippen LogP contribution in [0.25, 0.3) is 0 Å². The van der Waals surface area contributed by atoms with Crippen LogP contribution in [0.5, 0.6) is 0 Å². The van der Waals surface area contributed by atoms with E-state index >= 15 is 0 Å². The van der Waals surface area contributed by atoms with E-state index in [1.165, 1.54) is 18.4 Å². The minimum Gasteiger partial charge on any atom is -0.469 e. The molecular weight excluding hydrogens is 254 g/mol. The Morgan fingerprint density at radius 3 is 2.67 bits per heavy atom. The molecule has 18 heavy (non-hydrogen) atoms. The first kappa shape index (κ1) is 14.4. The Kier molecular flexibility index (Phi) is 4.66. The lowest BCUT2D eigenvalue weighted by Gasteiger charge is -2.24. The average Bonchev–Trinajstić information content (AvgIpc) is 2.61. The first-order valence-electron chi connectivity index (χ1n) is 5.40. The number of carbonyl (C=O) groups excluding carboxylic acids is 2. The van der Waals surface area contributed by atoms with Crippen LogP contribution in [-0.4, -0.2) is 29.6 Å². The summed E-state index contributed by atoms with van der Waals surface area (Å²) < 4.78 is 4.57. The molecule has 0 saturated heterocycles. The number of aromatic nitrogens is 1. The third-order valence-corrected chi connectivity index (χ3v) is 2.98. The maximum absolute atomic E-state index is 11.7. The van der Waals surface area contributed by atoms with Gasteiger partial charge in [-0.15, -0.1) is 11.3 Å². The van der Waals surface area contributed by atoms with Gasteiger partial charge in [-0.1, -0.05) is 0 Å². The fraction of sp³-hybridized carbons (Fsp3) is 0.545. The summed E-state index contributed by atoms with van der Waals surface area (Å²) in [6.07, 6.45) is 0.105. The summed E-state index contributed by atoms with van der Waals surface area (Å²) in [6.45, 7) is 5.34. The summed E-state index contributed by atoms with van der Waals surface area (Å²) in [5.41, 5.74) is 0.174. The van der Waals surface area contributed by atoms with Crippen LogP contribution in [0.2, 0.25) is 0 Å². The number of methoxy groups -OCH3 is 1. The molecule has 0 aliphatic carbocycles. The highest BCUT2D eigenvalue weighted by molar-refractivity contribution is 7.13. The van der Waals surface area contributed by atoms with Crippen molar-refractivity contribution in [2.75, 3.05) is 12.4 Å². The number of ether oxygens (including phenoxy) is 1. The van der Waals surface area contributed by atoms with E-state index in [2.05, 4.69) is 20.4 Å². The van der Waals surface area contributed by atoms with Gasteiger partial charge in [0.25, 0.3) is 0 Å². The van der Waals surface area contributed by atoms with E-state index in [0.717, 1.165) is 5.69 Å². The summed E-state index contributed by atoms with van der Waals surface area (Å²) in [5, 5.41) is 7.68. The normalized spacial score (nSPS) is 10.9. The van der Waals surface area contributed by atoms with E-state index in [4.69, 9.17) is 0 Å². The first-order valence-corrected chi connectivity index (χ1v) is 6.28. The average molecular weight is 271 g/mol. The summed E-state index contributed by atoms with van der Waals surface area (Å²) in [7, 11) is 1.32. The van der Waals surface area contributed by atoms with Crippen LogP contribution in [-0.2, 0) is 9.53 Å². The van der Waals surface area contributed by atoms with Gasteiger partial charge >= 0.3 is 12.0 Å². The van der Waals surface area contributed by atoms with Crippen molar-refractivity contribution in [3.63, 3.8) is 0 Å². The Bertz CT molecular complexity index is 442. The second-order valence-electron chi connectivity index (χ2n) is 4.51. The number of aryl methyl sites for hydroxylation is 1. The Balaban J connectivity index is 2.51. The van der Waals surface area contributed by atoms with Crippen LogP contribution in [0.4, 0.5) is 9.93 Å². The van der Waals surface area contributed by atoms with Crippen molar-refractivity contribution < 1.29 is 14.3 Å². The molecule has 0 aliphatic heterocycles.